The van der Waals surface area contributed by atoms with Crippen LogP contribution in [0, 0.1) is 0 Å². The van der Waals surface area contributed by atoms with Crippen molar-refractivity contribution in [3.63, 3.8) is 0 Å². The van der Waals surface area contributed by atoms with E-state index < -0.39 is 11.7 Å². The number of nitrogens with zero attached hydrogens (tertiary/aromatic N) is 2. The standard InChI is InChI=1S/C10H14F3N5O/c11-10(12,13)6-1-2-8(14)7(5-6)9(15)17-18(16)3-4-19/h1-2,5,19H,3-4,14,16H2,(H2,15,17). The number of hydrogen-bond acceptors (Lipinski definition) is 5. The van der Waals surface area contributed by atoms with Crippen molar-refractivity contribution in [2.75, 3.05) is 18.9 Å². The maximum atomic E-state index is 12.6. The van der Waals surface area contributed by atoms with E-state index in [1.807, 2.05) is 0 Å². The molecule has 0 bridgehead atoms. The fourth-order valence-electron chi connectivity index (χ4n) is 1.30. The fraction of sp³-hybridized carbons (Fsp3) is 0.300. The van der Waals surface area contributed by atoms with Gasteiger partial charge in [0.1, 0.15) is 0 Å². The average Bonchev–Trinajstić information content (AvgIpc) is 2.27. The maximum absolute atomic E-state index is 12.6. The van der Waals surface area contributed by atoms with Gasteiger partial charge in [-0.25, -0.2) is 11.0 Å². The van der Waals surface area contributed by atoms with Gasteiger partial charge < -0.3 is 16.6 Å². The molecule has 1 rings (SSSR count). The van der Waals surface area contributed by atoms with E-state index in [-0.39, 0.29) is 30.2 Å². The zero-order chi connectivity index (χ0) is 14.6. The molecule has 9 heteroatoms. The summed E-state index contributed by atoms with van der Waals surface area (Å²) in [5, 5.41) is 13.1. The van der Waals surface area contributed by atoms with Crippen LogP contribution in [0.1, 0.15) is 11.1 Å². The lowest BCUT2D eigenvalue weighted by molar-refractivity contribution is -0.137. The Balaban J connectivity index is 3.12. The Bertz CT molecular complexity index is 475. The second-order valence-corrected chi connectivity index (χ2v) is 3.67. The van der Waals surface area contributed by atoms with Crippen molar-refractivity contribution in [1.29, 1.82) is 0 Å². The molecule has 106 valence electrons. The fourth-order valence-corrected chi connectivity index (χ4v) is 1.30. The Labute approximate surface area is 107 Å². The van der Waals surface area contributed by atoms with Crippen LogP contribution in [0.5, 0.6) is 0 Å². The number of hydrogen-bond donors (Lipinski definition) is 4. The largest absolute Gasteiger partial charge is 0.416 e. The second-order valence-electron chi connectivity index (χ2n) is 3.67. The van der Waals surface area contributed by atoms with Crippen molar-refractivity contribution in [1.82, 2.24) is 5.12 Å². The van der Waals surface area contributed by atoms with Crippen molar-refractivity contribution in [3.05, 3.63) is 29.3 Å². The SMILES string of the molecule is N/C(=N\N(N)CCO)c1cc(C(F)(F)F)ccc1N. The third-order valence-electron chi connectivity index (χ3n) is 2.22. The first-order valence-electron chi connectivity index (χ1n) is 5.20. The number of alkyl halides is 3. The van der Waals surface area contributed by atoms with Crippen molar-refractivity contribution >= 4 is 11.5 Å². The van der Waals surface area contributed by atoms with E-state index in [1.54, 1.807) is 0 Å². The molecule has 0 amide bonds. The van der Waals surface area contributed by atoms with E-state index in [0.717, 1.165) is 23.3 Å². The van der Waals surface area contributed by atoms with Gasteiger partial charge in [-0.05, 0) is 18.2 Å². The Kier molecular flexibility index (Phi) is 4.57. The van der Waals surface area contributed by atoms with E-state index in [2.05, 4.69) is 5.10 Å². The highest BCUT2D eigenvalue weighted by Crippen LogP contribution is 2.31. The molecule has 0 fully saturated rings. The molecule has 19 heavy (non-hydrogen) atoms. The number of nitrogen functional groups attached to an aromatic ring is 1. The van der Waals surface area contributed by atoms with Gasteiger partial charge in [-0.2, -0.15) is 13.2 Å². The van der Waals surface area contributed by atoms with E-state index in [1.165, 1.54) is 0 Å². The number of hydrazine groups is 1. The molecular weight excluding hydrogens is 263 g/mol. The van der Waals surface area contributed by atoms with Gasteiger partial charge in [0.2, 0.25) is 0 Å². The van der Waals surface area contributed by atoms with Crippen LogP contribution in [0.15, 0.2) is 23.3 Å². The number of hydrazone groups is 1. The average molecular weight is 277 g/mol. The lowest BCUT2D eigenvalue weighted by Gasteiger charge is -2.14. The number of aliphatic hydroxyl groups is 1. The molecule has 0 spiro atoms. The molecule has 1 aromatic carbocycles. The molecule has 0 aliphatic heterocycles. The van der Waals surface area contributed by atoms with Crippen molar-refractivity contribution in [2.45, 2.75) is 6.18 Å². The molecule has 0 unspecified atom stereocenters. The van der Waals surface area contributed by atoms with Crippen LogP contribution in [-0.2, 0) is 6.18 Å². The summed E-state index contributed by atoms with van der Waals surface area (Å²) in [5.41, 5.74) is 10.2. The molecule has 0 atom stereocenters. The zero-order valence-electron chi connectivity index (χ0n) is 9.85. The molecule has 6 nitrogen and oxygen atoms in total. The minimum absolute atomic E-state index is 0.0143. The number of halogens is 3. The van der Waals surface area contributed by atoms with Gasteiger partial charge in [0.05, 0.1) is 18.7 Å². The molecule has 0 saturated heterocycles. The second kappa shape index (κ2) is 5.76. The molecule has 1 aromatic rings. The third kappa shape index (κ3) is 4.00. The summed E-state index contributed by atoms with van der Waals surface area (Å²) in [5.74, 6) is 5.07. The minimum Gasteiger partial charge on any atom is -0.398 e. The summed E-state index contributed by atoms with van der Waals surface area (Å²) >= 11 is 0. The third-order valence-corrected chi connectivity index (χ3v) is 2.22. The Morgan fingerprint density at radius 3 is 2.53 bits per heavy atom. The van der Waals surface area contributed by atoms with Gasteiger partial charge in [-0.3, -0.25) is 0 Å². The molecular formula is C10H14F3N5O. The maximum Gasteiger partial charge on any atom is 0.416 e. The first kappa shape index (κ1) is 15.1. The van der Waals surface area contributed by atoms with Crippen LogP contribution in [0.3, 0.4) is 0 Å². The predicted molar refractivity (Wildman–Crippen MR) is 64.6 cm³/mol. The van der Waals surface area contributed by atoms with Gasteiger partial charge >= 0.3 is 6.18 Å². The van der Waals surface area contributed by atoms with E-state index >= 15 is 0 Å². The molecule has 0 aliphatic carbocycles. The van der Waals surface area contributed by atoms with Gasteiger partial charge in [0.25, 0.3) is 0 Å². The molecule has 0 saturated carbocycles. The smallest absolute Gasteiger partial charge is 0.398 e. The lowest BCUT2D eigenvalue weighted by Crippen LogP contribution is -2.32. The van der Waals surface area contributed by atoms with Gasteiger partial charge in [-0.1, -0.05) is 0 Å². The van der Waals surface area contributed by atoms with E-state index in [0.29, 0.717) is 0 Å². The number of nitrogens with two attached hydrogens (primary N) is 3. The lowest BCUT2D eigenvalue weighted by atomic mass is 10.1. The zero-order valence-corrected chi connectivity index (χ0v) is 9.85. The quantitative estimate of drug-likeness (QED) is 0.204. The Hall–Kier alpha value is -2.00. The van der Waals surface area contributed by atoms with Crippen LogP contribution in [0.2, 0.25) is 0 Å². The number of benzene rings is 1. The molecule has 0 aromatic heterocycles. The first-order chi connectivity index (χ1) is 8.75. The summed E-state index contributed by atoms with van der Waals surface area (Å²) in [7, 11) is 0. The predicted octanol–water partition coefficient (Wildman–Crippen LogP) is 0.0759. The van der Waals surface area contributed by atoms with Gasteiger partial charge in [0, 0.05) is 11.3 Å². The highest BCUT2D eigenvalue weighted by Gasteiger charge is 2.31. The van der Waals surface area contributed by atoms with E-state index in [4.69, 9.17) is 22.4 Å². The Morgan fingerprint density at radius 1 is 1.37 bits per heavy atom. The Morgan fingerprint density at radius 2 is 2.00 bits per heavy atom. The monoisotopic (exact) mass is 277 g/mol. The molecule has 0 aliphatic rings. The van der Waals surface area contributed by atoms with Crippen molar-refractivity contribution in [3.8, 4) is 0 Å². The number of amidine groups is 1. The highest BCUT2D eigenvalue weighted by molar-refractivity contribution is 6.02. The van der Waals surface area contributed by atoms with Crippen LogP contribution in [-0.4, -0.2) is 29.2 Å². The number of rotatable bonds is 4. The van der Waals surface area contributed by atoms with Crippen molar-refractivity contribution in [2.24, 2.45) is 16.7 Å². The van der Waals surface area contributed by atoms with Gasteiger partial charge in [-0.15, -0.1) is 5.10 Å². The normalized spacial score (nSPS) is 12.6. The van der Waals surface area contributed by atoms with Gasteiger partial charge in [0.15, 0.2) is 5.84 Å². The summed E-state index contributed by atoms with van der Waals surface area (Å²) in [6, 6.07) is 2.73. The molecule has 0 heterocycles. The van der Waals surface area contributed by atoms with Crippen LogP contribution >= 0.6 is 0 Å². The first-order valence-corrected chi connectivity index (χ1v) is 5.20. The van der Waals surface area contributed by atoms with E-state index in [9.17, 15) is 13.2 Å². The highest BCUT2D eigenvalue weighted by atomic mass is 19.4. The minimum atomic E-state index is -4.50. The number of anilines is 1. The van der Waals surface area contributed by atoms with Crippen LogP contribution < -0.4 is 17.3 Å². The van der Waals surface area contributed by atoms with Crippen LogP contribution in [0.4, 0.5) is 18.9 Å². The molecule has 0 radical (unpaired) electrons. The van der Waals surface area contributed by atoms with Crippen molar-refractivity contribution < 1.29 is 18.3 Å². The van der Waals surface area contributed by atoms with Crippen LogP contribution in [0.25, 0.3) is 0 Å². The summed E-state index contributed by atoms with van der Waals surface area (Å²) in [6.07, 6.45) is -4.50. The summed E-state index contributed by atoms with van der Waals surface area (Å²) < 4.78 is 37.7. The number of aliphatic hydroxyl groups excluding tert-OH is 1. The molecule has 7 N–H and O–H groups in total. The summed E-state index contributed by atoms with van der Waals surface area (Å²) in [4.78, 5) is 0. The summed E-state index contributed by atoms with van der Waals surface area (Å²) in [6.45, 7) is -0.287. The topological polar surface area (TPSA) is 114 Å².